The number of aryl methyl sites for hydroxylation is 1. The molecule has 1 aromatic heterocycles. The number of quaternary nitrogens is 1. The largest absolute Gasteiger partial charge is 0.299 e. The van der Waals surface area contributed by atoms with Crippen molar-refractivity contribution < 1.29 is 4.59 Å². The van der Waals surface area contributed by atoms with Crippen molar-refractivity contribution in [3.05, 3.63) is 120 Å². The first-order chi connectivity index (χ1) is 15.5. The van der Waals surface area contributed by atoms with Crippen molar-refractivity contribution in [3.63, 3.8) is 0 Å². The zero-order chi connectivity index (χ0) is 23.4. The van der Waals surface area contributed by atoms with Crippen molar-refractivity contribution >= 4 is 17.3 Å². The van der Waals surface area contributed by atoms with Gasteiger partial charge in [0.15, 0.2) is 5.69 Å². The molecule has 32 heavy (non-hydrogen) atoms. The lowest BCUT2D eigenvalue weighted by atomic mass is 10.3. The fourth-order valence-electron chi connectivity index (χ4n) is 3.02. The van der Waals surface area contributed by atoms with E-state index in [4.69, 9.17) is 11.6 Å². The molecule has 1 N–H and O–H groups in total. The summed E-state index contributed by atoms with van der Waals surface area (Å²) >= 11 is 5.54. The SMILES string of the molecule is C=CC[N+](CC=C)(CC=C)N=Nc1c(C)[nH]n(-c2ccccc2)c1=O.Clc1ccccc1. The number of H-pyrrole nitrogens is 1. The molecule has 1 heterocycles. The molecule has 6 nitrogen and oxygen atoms in total. The second-order valence-corrected chi connectivity index (χ2v) is 7.49. The molecule has 0 aliphatic carbocycles. The van der Waals surface area contributed by atoms with Gasteiger partial charge in [-0.1, -0.05) is 72.9 Å². The maximum Gasteiger partial charge on any atom is 0.299 e. The van der Waals surface area contributed by atoms with Crippen LogP contribution in [0.15, 0.2) is 114 Å². The van der Waals surface area contributed by atoms with Gasteiger partial charge in [-0.15, -0.1) is 0 Å². The highest BCUT2D eigenvalue weighted by Crippen LogP contribution is 2.18. The van der Waals surface area contributed by atoms with Crippen LogP contribution >= 0.6 is 11.6 Å². The number of hydrogen-bond donors (Lipinski definition) is 1. The van der Waals surface area contributed by atoms with Gasteiger partial charge in [0.05, 0.1) is 11.4 Å². The molecule has 7 heteroatoms. The van der Waals surface area contributed by atoms with E-state index in [2.05, 4.69) is 35.2 Å². The van der Waals surface area contributed by atoms with Crippen LogP contribution in [0.4, 0.5) is 5.69 Å². The Balaban J connectivity index is 0.000000439. The van der Waals surface area contributed by atoms with Crippen LogP contribution in [0.3, 0.4) is 0 Å². The maximum atomic E-state index is 12.7. The van der Waals surface area contributed by atoms with Crippen LogP contribution in [-0.2, 0) is 0 Å². The van der Waals surface area contributed by atoms with Gasteiger partial charge in [0.2, 0.25) is 0 Å². The molecule has 0 unspecified atom stereocenters. The average molecular weight is 451 g/mol. The zero-order valence-electron chi connectivity index (χ0n) is 18.3. The summed E-state index contributed by atoms with van der Waals surface area (Å²) in [6.45, 7) is 14.9. The molecule has 0 saturated heterocycles. The summed E-state index contributed by atoms with van der Waals surface area (Å²) in [6.07, 6.45) is 5.33. The average Bonchev–Trinajstić information content (AvgIpc) is 3.08. The molecule has 0 fully saturated rings. The minimum absolute atomic E-state index is 0.235. The zero-order valence-corrected chi connectivity index (χ0v) is 19.1. The number of rotatable bonds is 9. The molecule has 0 saturated carbocycles. The number of hydrogen-bond acceptors (Lipinski definition) is 3. The minimum Gasteiger partial charge on any atom is -0.293 e. The van der Waals surface area contributed by atoms with Gasteiger partial charge >= 0.3 is 0 Å². The van der Waals surface area contributed by atoms with E-state index in [1.807, 2.05) is 60.7 Å². The molecule has 0 bridgehead atoms. The molecule has 2 aromatic carbocycles. The Kier molecular flexibility index (Phi) is 9.60. The Bertz CT molecular complexity index is 1070. The Morgan fingerprint density at radius 2 is 1.44 bits per heavy atom. The summed E-state index contributed by atoms with van der Waals surface area (Å²) in [7, 11) is 0. The molecular weight excluding hydrogens is 422 g/mol. The van der Waals surface area contributed by atoms with Crippen molar-refractivity contribution in [2.75, 3.05) is 19.6 Å². The van der Waals surface area contributed by atoms with Gasteiger partial charge in [0.1, 0.15) is 19.6 Å². The molecule has 0 atom stereocenters. The lowest BCUT2D eigenvalue weighted by molar-refractivity contribution is -0.923. The van der Waals surface area contributed by atoms with Crippen LogP contribution in [0, 0.1) is 6.92 Å². The first-order valence-electron chi connectivity index (χ1n) is 10.2. The summed E-state index contributed by atoms with van der Waals surface area (Å²) in [6, 6.07) is 18.8. The van der Waals surface area contributed by atoms with Gasteiger partial charge in [0, 0.05) is 10.2 Å². The summed E-state index contributed by atoms with van der Waals surface area (Å²) in [4.78, 5) is 12.7. The van der Waals surface area contributed by atoms with Crippen LogP contribution in [-0.4, -0.2) is 34.0 Å². The molecule has 0 radical (unpaired) electrons. The van der Waals surface area contributed by atoms with E-state index in [0.29, 0.717) is 31.0 Å². The van der Waals surface area contributed by atoms with Gasteiger partial charge in [-0.3, -0.25) is 9.89 Å². The summed E-state index contributed by atoms with van der Waals surface area (Å²) in [5.74, 6) is 0. The fraction of sp³-hybridized carbons (Fsp3) is 0.160. The number of halogens is 1. The summed E-state index contributed by atoms with van der Waals surface area (Å²) in [5.41, 5.74) is 1.47. The molecule has 166 valence electrons. The van der Waals surface area contributed by atoms with Crippen molar-refractivity contribution in [3.8, 4) is 5.69 Å². The highest BCUT2D eigenvalue weighted by molar-refractivity contribution is 6.30. The third-order valence-corrected chi connectivity index (χ3v) is 4.78. The predicted molar refractivity (Wildman–Crippen MR) is 133 cm³/mol. The van der Waals surface area contributed by atoms with Crippen molar-refractivity contribution in [1.29, 1.82) is 0 Å². The van der Waals surface area contributed by atoms with E-state index in [9.17, 15) is 4.79 Å². The van der Waals surface area contributed by atoms with E-state index in [1.165, 1.54) is 4.68 Å². The van der Waals surface area contributed by atoms with Gasteiger partial charge in [-0.2, -0.15) is 4.59 Å². The van der Waals surface area contributed by atoms with Gasteiger partial charge < -0.3 is 0 Å². The lowest BCUT2D eigenvalue weighted by Gasteiger charge is -2.26. The Morgan fingerprint density at radius 3 is 1.88 bits per heavy atom. The Morgan fingerprint density at radius 1 is 0.938 bits per heavy atom. The monoisotopic (exact) mass is 450 g/mol. The van der Waals surface area contributed by atoms with Crippen LogP contribution in [0.1, 0.15) is 5.69 Å². The molecule has 3 aromatic rings. The molecule has 0 amide bonds. The van der Waals surface area contributed by atoms with E-state index in [-0.39, 0.29) is 10.2 Å². The standard InChI is InChI=1S/C19H23N5O.C6H5Cl/c1-5-13-24(14-6-2,15-7-3)22-20-18-16(4)21-23(19(18)25)17-11-9-8-10-12-17;7-6-4-2-1-3-5-6/h5-12H,1-3,13-15H2,4H3;1-5H/p+1. The Labute approximate surface area is 194 Å². The van der Waals surface area contributed by atoms with Crippen LogP contribution in [0.2, 0.25) is 5.02 Å². The third kappa shape index (κ3) is 6.77. The topological polar surface area (TPSA) is 62.5 Å². The number of benzene rings is 2. The van der Waals surface area contributed by atoms with Gasteiger partial charge in [-0.05, 0) is 49.4 Å². The highest BCUT2D eigenvalue weighted by atomic mass is 35.5. The van der Waals surface area contributed by atoms with Crippen LogP contribution in [0.25, 0.3) is 5.69 Å². The smallest absolute Gasteiger partial charge is 0.293 e. The Hall–Kier alpha value is -3.48. The number of aromatic amines is 1. The second kappa shape index (κ2) is 12.4. The van der Waals surface area contributed by atoms with E-state index in [0.717, 1.165) is 10.7 Å². The maximum absolute atomic E-state index is 12.7. The summed E-state index contributed by atoms with van der Waals surface area (Å²) < 4.78 is 1.71. The quantitative estimate of drug-likeness (QED) is 0.180. The first-order valence-corrected chi connectivity index (χ1v) is 10.5. The normalized spacial score (nSPS) is 10.9. The van der Waals surface area contributed by atoms with E-state index < -0.39 is 0 Å². The molecular formula is C25H29ClN5O+. The van der Waals surface area contributed by atoms with E-state index >= 15 is 0 Å². The van der Waals surface area contributed by atoms with Gasteiger partial charge in [0.25, 0.3) is 5.56 Å². The highest BCUT2D eigenvalue weighted by Gasteiger charge is 2.24. The molecule has 3 rings (SSSR count). The fourth-order valence-corrected chi connectivity index (χ4v) is 3.17. The van der Waals surface area contributed by atoms with Crippen molar-refractivity contribution in [2.24, 2.45) is 10.3 Å². The summed E-state index contributed by atoms with van der Waals surface area (Å²) in [5, 5.41) is 12.5. The van der Waals surface area contributed by atoms with Crippen LogP contribution in [0.5, 0.6) is 0 Å². The minimum atomic E-state index is -0.235. The van der Waals surface area contributed by atoms with E-state index in [1.54, 1.807) is 25.2 Å². The number of nitrogens with one attached hydrogen (secondary N) is 1. The van der Waals surface area contributed by atoms with Crippen LogP contribution < -0.4 is 5.56 Å². The number of aromatic nitrogens is 2. The molecule has 0 spiro atoms. The molecule has 0 aliphatic heterocycles. The number of para-hydroxylation sites is 1. The molecule has 0 aliphatic rings. The third-order valence-electron chi connectivity index (χ3n) is 4.53. The first kappa shape index (κ1) is 24.8. The second-order valence-electron chi connectivity index (χ2n) is 7.06. The predicted octanol–water partition coefficient (Wildman–Crippen LogP) is 6.19. The van der Waals surface area contributed by atoms with Gasteiger partial charge in [-0.25, -0.2) is 4.68 Å². The van der Waals surface area contributed by atoms with Crippen molar-refractivity contribution in [2.45, 2.75) is 6.92 Å². The lowest BCUT2D eigenvalue weighted by Crippen LogP contribution is -2.42. The number of nitrogens with zero attached hydrogens (tertiary/aromatic N) is 4. The van der Waals surface area contributed by atoms with Crippen molar-refractivity contribution in [1.82, 2.24) is 9.78 Å².